The van der Waals surface area contributed by atoms with Gasteiger partial charge in [-0.3, -0.25) is 9.59 Å². The van der Waals surface area contributed by atoms with Gasteiger partial charge in [0.05, 0.1) is 6.04 Å². The summed E-state index contributed by atoms with van der Waals surface area (Å²) in [5.41, 5.74) is 5.29. The number of amides is 2. The van der Waals surface area contributed by atoms with Crippen LogP contribution in [0.15, 0.2) is 72.8 Å². The molecule has 1 fully saturated rings. The first-order valence-corrected chi connectivity index (χ1v) is 13.1. The summed E-state index contributed by atoms with van der Waals surface area (Å²) in [6, 6.07) is 23.2. The van der Waals surface area contributed by atoms with Crippen molar-refractivity contribution in [3.8, 4) is 11.1 Å². The highest BCUT2D eigenvalue weighted by molar-refractivity contribution is 6.30. The summed E-state index contributed by atoms with van der Waals surface area (Å²) in [5.74, 6) is -1.46. The van der Waals surface area contributed by atoms with Crippen LogP contribution in [0.25, 0.3) is 11.1 Å². The number of benzene rings is 3. The van der Waals surface area contributed by atoms with Gasteiger partial charge in [-0.2, -0.15) is 0 Å². The van der Waals surface area contributed by atoms with E-state index in [-0.39, 0.29) is 12.6 Å². The minimum Gasteiger partial charge on any atom is -0.380 e. The lowest BCUT2D eigenvalue weighted by molar-refractivity contribution is -0.153. The van der Waals surface area contributed by atoms with Crippen LogP contribution in [0, 0.1) is 0 Å². The molecule has 1 aliphatic rings. The highest BCUT2D eigenvalue weighted by Gasteiger charge is 2.38. The number of hydrogen-bond acceptors (Lipinski definition) is 4. The van der Waals surface area contributed by atoms with Crippen LogP contribution in [0.5, 0.6) is 0 Å². The molecule has 3 N–H and O–H groups in total. The van der Waals surface area contributed by atoms with Gasteiger partial charge in [-0.05, 0) is 59.2 Å². The molecule has 0 aromatic heterocycles. The Hall–Kier alpha value is -3.19. The molecule has 2 amide bonds. The molecule has 0 aliphatic carbocycles. The second-order valence-corrected chi connectivity index (χ2v) is 9.89. The first-order chi connectivity index (χ1) is 17.9. The monoisotopic (exact) mass is 520 g/mol. The molecular formula is C30H33ClN2O4. The smallest absolute Gasteiger partial charge is 0.255 e. The highest BCUT2D eigenvalue weighted by Crippen LogP contribution is 2.33. The van der Waals surface area contributed by atoms with Crippen LogP contribution in [0.2, 0.25) is 5.02 Å². The predicted octanol–water partition coefficient (Wildman–Crippen LogP) is 4.66. The molecule has 0 radical (unpaired) electrons. The highest BCUT2D eigenvalue weighted by atomic mass is 35.5. The van der Waals surface area contributed by atoms with Crippen molar-refractivity contribution < 1.29 is 19.8 Å². The van der Waals surface area contributed by atoms with Crippen molar-refractivity contribution in [3.05, 3.63) is 94.5 Å². The Morgan fingerprint density at radius 3 is 2.51 bits per heavy atom. The van der Waals surface area contributed by atoms with E-state index in [0.29, 0.717) is 11.6 Å². The summed E-state index contributed by atoms with van der Waals surface area (Å²) in [5, 5.41) is 24.2. The van der Waals surface area contributed by atoms with Crippen molar-refractivity contribution in [1.82, 2.24) is 10.2 Å². The lowest BCUT2D eigenvalue weighted by Crippen LogP contribution is -2.50. The van der Waals surface area contributed by atoms with Crippen molar-refractivity contribution in [2.75, 3.05) is 6.54 Å². The standard InChI is InChI=1S/C30H33ClN2O4/c1-2-7-21-8-3-4-11-25(21)22-15-13-20(14-16-22)19-32-29(36)27(34)28(35)30(37)33-17-6-12-26(33)23-9-5-10-24(31)18-23/h3-5,8-11,13-16,18,26-28,34-35H,2,6-7,12,17,19H2,1H3,(H,32,36)/t26?,27-,28-/m1/s1. The third-order valence-corrected chi connectivity index (χ3v) is 7.09. The average Bonchev–Trinajstić information content (AvgIpc) is 3.41. The lowest BCUT2D eigenvalue weighted by atomic mass is 9.96. The number of aliphatic hydroxyl groups excluding tert-OH is 2. The maximum atomic E-state index is 13.0. The van der Waals surface area contributed by atoms with E-state index in [2.05, 4.69) is 24.4 Å². The van der Waals surface area contributed by atoms with Crippen molar-refractivity contribution in [2.24, 2.45) is 0 Å². The molecule has 1 saturated heterocycles. The van der Waals surface area contributed by atoms with Crippen LogP contribution < -0.4 is 5.32 Å². The van der Waals surface area contributed by atoms with Crippen molar-refractivity contribution in [2.45, 2.75) is 57.4 Å². The number of hydrogen-bond donors (Lipinski definition) is 3. The molecule has 3 aromatic rings. The molecule has 3 aromatic carbocycles. The van der Waals surface area contributed by atoms with E-state index in [0.717, 1.165) is 42.4 Å². The largest absolute Gasteiger partial charge is 0.380 e. The van der Waals surface area contributed by atoms with Gasteiger partial charge in [0.2, 0.25) is 0 Å². The fourth-order valence-electron chi connectivity index (χ4n) is 4.92. The van der Waals surface area contributed by atoms with Crippen molar-refractivity contribution in [1.29, 1.82) is 0 Å². The number of rotatable bonds is 9. The van der Waals surface area contributed by atoms with Gasteiger partial charge in [0, 0.05) is 18.1 Å². The summed E-state index contributed by atoms with van der Waals surface area (Å²) in [6.07, 6.45) is -0.164. The van der Waals surface area contributed by atoms with Crippen LogP contribution in [0.1, 0.15) is 48.9 Å². The molecule has 1 aliphatic heterocycles. The van der Waals surface area contributed by atoms with Gasteiger partial charge in [0.25, 0.3) is 11.8 Å². The van der Waals surface area contributed by atoms with Crippen molar-refractivity contribution >= 4 is 23.4 Å². The third-order valence-electron chi connectivity index (χ3n) is 6.86. The van der Waals surface area contributed by atoms with E-state index in [1.54, 1.807) is 12.1 Å². The van der Waals surface area contributed by atoms with E-state index in [1.165, 1.54) is 16.0 Å². The molecular weight excluding hydrogens is 488 g/mol. The second kappa shape index (κ2) is 12.4. The molecule has 1 heterocycles. The Labute approximate surface area is 222 Å². The molecule has 194 valence electrons. The van der Waals surface area contributed by atoms with Gasteiger partial charge in [0.1, 0.15) is 0 Å². The van der Waals surface area contributed by atoms with Gasteiger partial charge in [-0.25, -0.2) is 0 Å². The number of nitrogens with zero attached hydrogens (tertiary/aromatic N) is 1. The van der Waals surface area contributed by atoms with E-state index in [4.69, 9.17) is 11.6 Å². The number of aliphatic hydroxyl groups is 2. The minimum atomic E-state index is -1.87. The summed E-state index contributed by atoms with van der Waals surface area (Å²) < 4.78 is 0. The zero-order valence-corrected chi connectivity index (χ0v) is 21.7. The van der Waals surface area contributed by atoms with Gasteiger partial charge in [-0.15, -0.1) is 0 Å². The minimum absolute atomic E-state index is 0.169. The normalized spacial score (nSPS) is 16.9. The number of carbonyl (C=O) groups is 2. The van der Waals surface area contributed by atoms with Gasteiger partial charge >= 0.3 is 0 Å². The number of likely N-dealkylation sites (tertiary alicyclic amines) is 1. The number of aryl methyl sites for hydroxylation is 1. The Morgan fingerprint density at radius 1 is 1.03 bits per heavy atom. The number of nitrogens with one attached hydrogen (secondary N) is 1. The summed E-state index contributed by atoms with van der Waals surface area (Å²) in [6.45, 7) is 2.77. The fourth-order valence-corrected chi connectivity index (χ4v) is 5.12. The maximum absolute atomic E-state index is 13.0. The lowest BCUT2D eigenvalue weighted by Gasteiger charge is -2.28. The molecule has 0 spiro atoms. The maximum Gasteiger partial charge on any atom is 0.255 e. The fraction of sp³-hybridized carbons (Fsp3) is 0.333. The summed E-state index contributed by atoms with van der Waals surface area (Å²) in [4.78, 5) is 27.1. The average molecular weight is 521 g/mol. The molecule has 1 unspecified atom stereocenters. The SMILES string of the molecule is CCCc1ccccc1-c1ccc(CNC(=O)[C@H](O)[C@@H](O)C(=O)N2CCCC2c2cccc(Cl)c2)cc1. The zero-order chi connectivity index (χ0) is 26.4. The van der Waals surface area contributed by atoms with Crippen LogP contribution in [0.3, 0.4) is 0 Å². The Bertz CT molecular complexity index is 1230. The predicted molar refractivity (Wildman–Crippen MR) is 145 cm³/mol. The van der Waals surface area contributed by atoms with Crippen LogP contribution in [-0.2, 0) is 22.6 Å². The van der Waals surface area contributed by atoms with E-state index in [9.17, 15) is 19.8 Å². The summed E-state index contributed by atoms with van der Waals surface area (Å²) in [7, 11) is 0. The van der Waals surface area contributed by atoms with Crippen LogP contribution in [-0.4, -0.2) is 45.7 Å². The molecule has 3 atom stereocenters. The topological polar surface area (TPSA) is 89.9 Å². The quantitative estimate of drug-likeness (QED) is 0.383. The first kappa shape index (κ1) is 26.9. The van der Waals surface area contributed by atoms with E-state index >= 15 is 0 Å². The Morgan fingerprint density at radius 2 is 1.78 bits per heavy atom. The van der Waals surface area contributed by atoms with E-state index < -0.39 is 24.0 Å². The molecule has 4 rings (SSSR count). The molecule has 7 heteroatoms. The number of halogens is 1. The third kappa shape index (κ3) is 6.39. The molecule has 0 saturated carbocycles. The second-order valence-electron chi connectivity index (χ2n) is 9.46. The van der Waals surface area contributed by atoms with E-state index in [1.807, 2.05) is 48.5 Å². The van der Waals surface area contributed by atoms with Crippen molar-refractivity contribution in [3.63, 3.8) is 0 Å². The summed E-state index contributed by atoms with van der Waals surface area (Å²) >= 11 is 6.10. The van der Waals surface area contributed by atoms with Gasteiger partial charge in [-0.1, -0.05) is 85.6 Å². The first-order valence-electron chi connectivity index (χ1n) is 12.8. The number of carbonyl (C=O) groups excluding carboxylic acids is 2. The zero-order valence-electron chi connectivity index (χ0n) is 20.9. The van der Waals surface area contributed by atoms with Gasteiger partial charge < -0.3 is 20.4 Å². The molecule has 0 bridgehead atoms. The van der Waals surface area contributed by atoms with Gasteiger partial charge in [0.15, 0.2) is 12.2 Å². The Kier molecular flexibility index (Phi) is 8.98. The van der Waals surface area contributed by atoms with Crippen LogP contribution in [0.4, 0.5) is 0 Å². The molecule has 6 nitrogen and oxygen atoms in total. The Balaban J connectivity index is 1.35. The molecule has 37 heavy (non-hydrogen) atoms. The van der Waals surface area contributed by atoms with Crippen LogP contribution >= 0.6 is 11.6 Å².